The Morgan fingerprint density at radius 3 is 2.28 bits per heavy atom. The van der Waals surface area contributed by atoms with Crippen LogP contribution in [-0.2, 0) is 19.6 Å². The van der Waals surface area contributed by atoms with Gasteiger partial charge in [-0.3, -0.25) is 9.59 Å². The first-order valence-electron chi connectivity index (χ1n) is 7.30. The summed E-state index contributed by atoms with van der Waals surface area (Å²) in [5, 5.41) is 23.4. The van der Waals surface area contributed by atoms with Gasteiger partial charge in [-0.25, -0.2) is 17.7 Å². The van der Waals surface area contributed by atoms with Gasteiger partial charge in [-0.05, 0) is 24.6 Å². The molecule has 1 amide bonds. The van der Waals surface area contributed by atoms with E-state index in [4.69, 9.17) is 5.11 Å². The molecule has 1 aliphatic heterocycles. The van der Waals surface area contributed by atoms with E-state index in [9.17, 15) is 23.1 Å². The van der Waals surface area contributed by atoms with Gasteiger partial charge in [0.15, 0.2) is 0 Å². The molecule has 0 bridgehead atoms. The lowest BCUT2D eigenvalue weighted by Crippen LogP contribution is -2.41. The van der Waals surface area contributed by atoms with Crippen molar-refractivity contribution in [3.63, 3.8) is 0 Å². The van der Waals surface area contributed by atoms with Crippen LogP contribution >= 0.6 is 0 Å². The van der Waals surface area contributed by atoms with Crippen molar-refractivity contribution in [1.82, 2.24) is 9.31 Å². The Hall–Kier alpha value is -2.30. The number of hydrogen-bond acceptors (Lipinski definition) is 6. The summed E-state index contributed by atoms with van der Waals surface area (Å²) in [6.07, 6.45) is 0. The predicted molar refractivity (Wildman–Crippen MR) is 88.4 cm³/mol. The topological polar surface area (TPSA) is 128 Å². The summed E-state index contributed by atoms with van der Waals surface area (Å²) in [5.74, 6) is -1.86. The SMILES string of the molecule is CN(C)S(=O)(=O)c1ccc(C2=NN(CC(=O)O)C(=O)C2(C)CO)cc1. The Labute approximate surface area is 145 Å². The third kappa shape index (κ3) is 3.28. The van der Waals surface area contributed by atoms with Crippen molar-refractivity contribution in [2.24, 2.45) is 10.5 Å². The Morgan fingerprint density at radius 2 is 1.84 bits per heavy atom. The molecule has 25 heavy (non-hydrogen) atoms. The molecule has 2 N–H and O–H groups in total. The number of carboxylic acids is 1. The molecule has 1 unspecified atom stereocenters. The quantitative estimate of drug-likeness (QED) is 0.700. The van der Waals surface area contributed by atoms with E-state index in [2.05, 4.69) is 5.10 Å². The van der Waals surface area contributed by atoms with Crippen molar-refractivity contribution >= 4 is 27.6 Å². The third-order valence-electron chi connectivity index (χ3n) is 3.96. The molecule has 0 aliphatic carbocycles. The van der Waals surface area contributed by atoms with Crippen LogP contribution in [0.25, 0.3) is 0 Å². The number of rotatable bonds is 6. The summed E-state index contributed by atoms with van der Waals surface area (Å²) in [6.45, 7) is 0.282. The van der Waals surface area contributed by atoms with Gasteiger partial charge in [-0.15, -0.1) is 0 Å². The van der Waals surface area contributed by atoms with Crippen molar-refractivity contribution < 1.29 is 28.2 Å². The highest BCUT2D eigenvalue weighted by Crippen LogP contribution is 2.32. The second-order valence-corrected chi connectivity index (χ2v) is 8.16. The Morgan fingerprint density at radius 1 is 1.28 bits per heavy atom. The number of sulfonamides is 1. The van der Waals surface area contributed by atoms with Crippen molar-refractivity contribution in [1.29, 1.82) is 0 Å². The molecule has 9 nitrogen and oxygen atoms in total. The van der Waals surface area contributed by atoms with Crippen molar-refractivity contribution in [2.75, 3.05) is 27.2 Å². The number of amides is 1. The number of aliphatic hydroxyl groups excluding tert-OH is 1. The fraction of sp³-hybridized carbons (Fsp3) is 0.400. The van der Waals surface area contributed by atoms with Crippen LogP contribution in [0.5, 0.6) is 0 Å². The minimum absolute atomic E-state index is 0.0688. The van der Waals surface area contributed by atoms with Crippen molar-refractivity contribution in [2.45, 2.75) is 11.8 Å². The van der Waals surface area contributed by atoms with Crippen LogP contribution in [0.2, 0.25) is 0 Å². The van der Waals surface area contributed by atoms with Gasteiger partial charge in [-0.2, -0.15) is 5.10 Å². The first kappa shape index (κ1) is 19.0. The Bertz CT molecular complexity index is 831. The number of carbonyl (C=O) groups excluding carboxylic acids is 1. The zero-order valence-corrected chi connectivity index (χ0v) is 14.8. The van der Waals surface area contributed by atoms with Gasteiger partial charge in [0, 0.05) is 14.1 Å². The van der Waals surface area contributed by atoms with Gasteiger partial charge >= 0.3 is 5.97 Å². The van der Waals surface area contributed by atoms with Gasteiger partial charge < -0.3 is 10.2 Å². The second-order valence-electron chi connectivity index (χ2n) is 6.01. The lowest BCUT2D eigenvalue weighted by atomic mass is 9.82. The van der Waals surface area contributed by atoms with Crippen LogP contribution in [0, 0.1) is 5.41 Å². The minimum Gasteiger partial charge on any atom is -0.480 e. The number of nitrogens with zero attached hydrogens (tertiary/aromatic N) is 3. The molecule has 0 aromatic heterocycles. The van der Waals surface area contributed by atoms with E-state index in [1.807, 2.05) is 0 Å². The smallest absolute Gasteiger partial charge is 0.325 e. The van der Waals surface area contributed by atoms with E-state index in [1.165, 1.54) is 45.3 Å². The summed E-state index contributed by atoms with van der Waals surface area (Å²) < 4.78 is 25.3. The molecule has 0 saturated carbocycles. The number of aliphatic carboxylic acids is 1. The molecule has 1 aliphatic rings. The van der Waals surface area contributed by atoms with Gasteiger partial charge in [0.1, 0.15) is 12.0 Å². The highest BCUT2D eigenvalue weighted by molar-refractivity contribution is 7.89. The average Bonchev–Trinajstić information content (AvgIpc) is 2.80. The van der Waals surface area contributed by atoms with E-state index in [0.29, 0.717) is 5.56 Å². The van der Waals surface area contributed by atoms with Crippen molar-refractivity contribution in [3.8, 4) is 0 Å². The molecule has 1 heterocycles. The highest BCUT2D eigenvalue weighted by atomic mass is 32.2. The molecule has 136 valence electrons. The zero-order chi connectivity index (χ0) is 19.0. The van der Waals surface area contributed by atoms with Crippen LogP contribution in [-0.4, -0.2) is 72.8 Å². The van der Waals surface area contributed by atoms with Gasteiger partial charge in [0.2, 0.25) is 10.0 Å². The summed E-state index contributed by atoms with van der Waals surface area (Å²) in [7, 11) is -0.775. The monoisotopic (exact) mass is 369 g/mol. The van der Waals surface area contributed by atoms with Crippen LogP contribution in [0.3, 0.4) is 0 Å². The second kappa shape index (κ2) is 6.54. The summed E-state index contributed by atoms with van der Waals surface area (Å²) in [5.41, 5.74) is -0.775. The standard InChI is InChI=1S/C15H19N3O6S/c1-15(9-19)13(16-18(14(15)22)8-12(20)21)10-4-6-11(7-5-10)25(23,24)17(2)3/h4-7,19H,8-9H2,1-3H3,(H,20,21). The lowest BCUT2D eigenvalue weighted by molar-refractivity contribution is -0.146. The minimum atomic E-state index is -3.60. The maximum Gasteiger partial charge on any atom is 0.325 e. The van der Waals surface area contributed by atoms with Gasteiger partial charge in [0.05, 0.1) is 17.2 Å². The fourth-order valence-corrected chi connectivity index (χ4v) is 3.31. The van der Waals surface area contributed by atoms with E-state index in [0.717, 1.165) is 9.31 Å². The fourth-order valence-electron chi connectivity index (χ4n) is 2.41. The molecule has 0 fully saturated rings. The van der Waals surface area contributed by atoms with E-state index in [-0.39, 0.29) is 10.6 Å². The maximum absolute atomic E-state index is 12.4. The molecular weight excluding hydrogens is 350 g/mol. The lowest BCUT2D eigenvalue weighted by Gasteiger charge is -2.21. The zero-order valence-electron chi connectivity index (χ0n) is 14.0. The molecule has 0 saturated heterocycles. The van der Waals surface area contributed by atoms with Crippen LogP contribution < -0.4 is 0 Å². The van der Waals surface area contributed by atoms with Crippen molar-refractivity contribution in [3.05, 3.63) is 29.8 Å². The highest BCUT2D eigenvalue weighted by Gasteiger charge is 2.47. The summed E-state index contributed by atoms with van der Waals surface area (Å²) >= 11 is 0. The Balaban J connectivity index is 2.45. The molecule has 10 heteroatoms. The molecule has 0 spiro atoms. The summed E-state index contributed by atoms with van der Waals surface area (Å²) in [6, 6.07) is 5.69. The molecule has 1 aromatic carbocycles. The Kier molecular flexibility index (Phi) is 4.98. The van der Waals surface area contributed by atoms with Crippen LogP contribution in [0.1, 0.15) is 12.5 Å². The molecule has 1 aromatic rings. The first-order chi connectivity index (χ1) is 11.5. The maximum atomic E-state index is 12.4. The summed E-state index contributed by atoms with van der Waals surface area (Å²) in [4.78, 5) is 23.3. The number of hydrazone groups is 1. The van der Waals surface area contributed by atoms with Crippen LogP contribution in [0.4, 0.5) is 0 Å². The third-order valence-corrected chi connectivity index (χ3v) is 5.79. The molecule has 2 rings (SSSR count). The number of hydrogen-bond donors (Lipinski definition) is 2. The van der Waals surface area contributed by atoms with E-state index >= 15 is 0 Å². The molecule has 0 radical (unpaired) electrons. The molecule has 1 atom stereocenters. The van der Waals surface area contributed by atoms with E-state index in [1.54, 1.807) is 0 Å². The molecular formula is C15H19N3O6S. The normalized spacial score (nSPS) is 20.9. The number of carbonyl (C=O) groups is 2. The number of benzene rings is 1. The number of aliphatic hydroxyl groups is 1. The van der Waals surface area contributed by atoms with Gasteiger partial charge in [-0.1, -0.05) is 12.1 Å². The average molecular weight is 369 g/mol. The van der Waals surface area contributed by atoms with E-state index < -0.39 is 40.5 Å². The largest absolute Gasteiger partial charge is 0.480 e. The predicted octanol–water partition coefficient (Wildman–Crippen LogP) is -0.434. The first-order valence-corrected chi connectivity index (χ1v) is 8.74. The van der Waals surface area contributed by atoms with Gasteiger partial charge in [0.25, 0.3) is 5.91 Å². The van der Waals surface area contributed by atoms with Crippen LogP contribution in [0.15, 0.2) is 34.3 Å². The number of carboxylic acid groups (broad SMARTS) is 1.